The molecule has 7 heteroatoms. The lowest BCUT2D eigenvalue weighted by atomic mass is 9.99. The van der Waals surface area contributed by atoms with Gasteiger partial charge >= 0.3 is 0 Å². The van der Waals surface area contributed by atoms with Crippen molar-refractivity contribution in [3.8, 4) is 22.5 Å². The van der Waals surface area contributed by atoms with Crippen molar-refractivity contribution in [2.45, 2.75) is 13.8 Å². The molecular formula is C38H31F2N5. The zero-order chi connectivity index (χ0) is 31.4. The van der Waals surface area contributed by atoms with E-state index in [1.807, 2.05) is 80.2 Å². The van der Waals surface area contributed by atoms with Crippen LogP contribution in [-0.2, 0) is 14.1 Å². The third kappa shape index (κ3) is 4.77. The van der Waals surface area contributed by atoms with Crippen molar-refractivity contribution in [3.05, 3.63) is 126 Å². The van der Waals surface area contributed by atoms with E-state index in [1.165, 1.54) is 17.0 Å². The van der Waals surface area contributed by atoms with Crippen molar-refractivity contribution in [1.82, 2.24) is 19.1 Å². The number of para-hydroxylation sites is 1. The lowest BCUT2D eigenvalue weighted by Gasteiger charge is -2.12. The van der Waals surface area contributed by atoms with E-state index in [0.29, 0.717) is 10.9 Å². The van der Waals surface area contributed by atoms with Gasteiger partial charge in [-0.05, 0) is 61.4 Å². The molecule has 0 spiro atoms. The van der Waals surface area contributed by atoms with Gasteiger partial charge in [0.1, 0.15) is 11.6 Å². The standard InChI is InChI=1S/C19H14F2N2.C19H17N3/c1-11-8-15-16(21)9-12(20)10-17(15)22-19(11)14-4-3-5-18-13(14)6-7-23(18)2;1-12-18(20)15-6-3-4-8-16(15)21-19(12)14-7-5-9-17-13(14)10-11-22(17)2/h3-10H,1-2H3;3-11H,1-2H3,(H2,20,21). The predicted molar refractivity (Wildman–Crippen MR) is 181 cm³/mol. The predicted octanol–water partition coefficient (Wildman–Crippen LogP) is 9.26. The fourth-order valence-electron chi connectivity index (χ4n) is 6.19. The molecule has 0 unspecified atom stereocenters. The maximum atomic E-state index is 13.9. The second-order valence-corrected chi connectivity index (χ2v) is 11.5. The zero-order valence-electron chi connectivity index (χ0n) is 25.4. The van der Waals surface area contributed by atoms with E-state index < -0.39 is 11.6 Å². The van der Waals surface area contributed by atoms with Crippen molar-refractivity contribution in [3.63, 3.8) is 0 Å². The Morgan fingerprint density at radius 3 is 1.87 bits per heavy atom. The van der Waals surface area contributed by atoms with Crippen LogP contribution < -0.4 is 5.73 Å². The zero-order valence-corrected chi connectivity index (χ0v) is 25.4. The second kappa shape index (κ2) is 10.9. The Morgan fingerprint density at radius 1 is 0.600 bits per heavy atom. The Balaban J connectivity index is 0.000000145. The summed E-state index contributed by atoms with van der Waals surface area (Å²) in [5.41, 5.74) is 16.4. The van der Waals surface area contributed by atoms with Crippen LogP contribution in [0.5, 0.6) is 0 Å². The molecule has 8 rings (SSSR count). The molecule has 8 aromatic rings. The average Bonchev–Trinajstić information content (AvgIpc) is 3.61. The molecule has 2 N–H and O–H groups in total. The molecule has 45 heavy (non-hydrogen) atoms. The SMILES string of the molecule is Cc1c(-c2cccc3c2ccn3C)nc2ccccc2c1N.Cc1cc2c(F)cc(F)cc2nc1-c1cccc2c1ccn2C. The van der Waals surface area contributed by atoms with Crippen LogP contribution in [0.4, 0.5) is 14.5 Å². The summed E-state index contributed by atoms with van der Waals surface area (Å²) < 4.78 is 31.6. The van der Waals surface area contributed by atoms with Crippen LogP contribution in [0.3, 0.4) is 0 Å². The number of anilines is 1. The Labute approximate surface area is 259 Å². The van der Waals surface area contributed by atoms with E-state index in [1.54, 1.807) is 6.07 Å². The Morgan fingerprint density at radius 2 is 1.20 bits per heavy atom. The van der Waals surface area contributed by atoms with E-state index in [0.717, 1.165) is 67.2 Å². The molecule has 0 saturated heterocycles. The normalized spacial score (nSPS) is 11.4. The summed E-state index contributed by atoms with van der Waals surface area (Å²) in [5, 5.41) is 3.63. The van der Waals surface area contributed by atoms with Gasteiger partial charge in [-0.1, -0.05) is 42.5 Å². The minimum absolute atomic E-state index is 0.330. The molecule has 0 aliphatic heterocycles. The van der Waals surface area contributed by atoms with Crippen molar-refractivity contribution in [2.75, 3.05) is 5.73 Å². The first-order valence-corrected chi connectivity index (χ1v) is 14.7. The van der Waals surface area contributed by atoms with Gasteiger partial charge in [-0.15, -0.1) is 0 Å². The molecule has 0 bridgehead atoms. The number of aromatic nitrogens is 4. The first-order valence-electron chi connectivity index (χ1n) is 14.7. The fraction of sp³-hybridized carbons (Fsp3) is 0.105. The largest absolute Gasteiger partial charge is 0.398 e. The Hall–Kier alpha value is -5.56. The van der Waals surface area contributed by atoms with Crippen LogP contribution in [0.15, 0.2) is 103 Å². The minimum Gasteiger partial charge on any atom is -0.398 e. The van der Waals surface area contributed by atoms with Crippen molar-refractivity contribution < 1.29 is 8.78 Å². The topological polar surface area (TPSA) is 61.7 Å². The molecule has 4 heterocycles. The van der Waals surface area contributed by atoms with Crippen LogP contribution in [0.2, 0.25) is 0 Å². The average molecular weight is 596 g/mol. The lowest BCUT2D eigenvalue weighted by Crippen LogP contribution is -1.98. The molecule has 0 amide bonds. The Kier molecular flexibility index (Phi) is 6.81. The van der Waals surface area contributed by atoms with Gasteiger partial charge in [0.25, 0.3) is 0 Å². The van der Waals surface area contributed by atoms with Crippen LogP contribution in [0.1, 0.15) is 11.1 Å². The van der Waals surface area contributed by atoms with E-state index in [9.17, 15) is 8.78 Å². The number of nitrogen functional groups attached to an aromatic ring is 1. The number of nitrogens with two attached hydrogens (primary N) is 1. The van der Waals surface area contributed by atoms with E-state index in [2.05, 4.69) is 47.1 Å². The number of benzene rings is 4. The molecule has 0 fully saturated rings. The molecule has 222 valence electrons. The van der Waals surface area contributed by atoms with Gasteiger partial charge in [0, 0.05) is 88.0 Å². The van der Waals surface area contributed by atoms with Crippen LogP contribution >= 0.6 is 0 Å². The highest BCUT2D eigenvalue weighted by Crippen LogP contribution is 2.35. The van der Waals surface area contributed by atoms with Gasteiger partial charge < -0.3 is 14.9 Å². The van der Waals surface area contributed by atoms with E-state index in [4.69, 9.17) is 10.7 Å². The number of aryl methyl sites for hydroxylation is 3. The summed E-state index contributed by atoms with van der Waals surface area (Å²) in [5.74, 6) is -1.20. The third-order valence-corrected chi connectivity index (χ3v) is 8.59. The Bertz CT molecular complexity index is 2420. The highest BCUT2D eigenvalue weighted by Gasteiger charge is 2.15. The summed E-state index contributed by atoms with van der Waals surface area (Å²) in [7, 11) is 4.04. The second-order valence-electron chi connectivity index (χ2n) is 11.5. The van der Waals surface area contributed by atoms with Crippen molar-refractivity contribution in [1.29, 1.82) is 0 Å². The molecule has 0 saturated carbocycles. The van der Waals surface area contributed by atoms with Crippen LogP contribution in [0.25, 0.3) is 66.1 Å². The summed E-state index contributed by atoms with van der Waals surface area (Å²) in [6, 6.07) is 28.4. The highest BCUT2D eigenvalue weighted by molar-refractivity contribution is 6.01. The molecule has 0 aliphatic rings. The molecule has 0 atom stereocenters. The first-order chi connectivity index (χ1) is 21.7. The van der Waals surface area contributed by atoms with E-state index >= 15 is 0 Å². The molecular weight excluding hydrogens is 564 g/mol. The van der Waals surface area contributed by atoms with Crippen molar-refractivity contribution in [2.24, 2.45) is 14.1 Å². The molecule has 0 aliphatic carbocycles. The van der Waals surface area contributed by atoms with Gasteiger partial charge in [0.15, 0.2) is 0 Å². The molecule has 5 nitrogen and oxygen atoms in total. The number of nitrogens with zero attached hydrogens (tertiary/aromatic N) is 4. The van der Waals surface area contributed by atoms with Crippen LogP contribution in [0, 0.1) is 25.5 Å². The number of rotatable bonds is 2. The smallest absolute Gasteiger partial charge is 0.135 e. The van der Waals surface area contributed by atoms with E-state index in [-0.39, 0.29) is 0 Å². The fourth-order valence-corrected chi connectivity index (χ4v) is 6.19. The van der Waals surface area contributed by atoms with Gasteiger partial charge in [0.05, 0.1) is 22.4 Å². The molecule has 4 aromatic heterocycles. The number of hydrogen-bond donors (Lipinski definition) is 1. The number of halogens is 2. The number of fused-ring (bicyclic) bond motifs is 4. The molecule has 0 radical (unpaired) electrons. The van der Waals surface area contributed by atoms with Crippen molar-refractivity contribution >= 4 is 49.3 Å². The highest BCUT2D eigenvalue weighted by atomic mass is 19.1. The quantitative estimate of drug-likeness (QED) is 0.217. The summed E-state index contributed by atoms with van der Waals surface area (Å²) in [6.45, 7) is 3.94. The van der Waals surface area contributed by atoms with Crippen LogP contribution in [-0.4, -0.2) is 19.1 Å². The number of pyridine rings is 2. The maximum absolute atomic E-state index is 13.9. The monoisotopic (exact) mass is 595 g/mol. The summed E-state index contributed by atoms with van der Waals surface area (Å²) in [6.07, 6.45) is 4.07. The summed E-state index contributed by atoms with van der Waals surface area (Å²) >= 11 is 0. The van der Waals surface area contributed by atoms with Gasteiger partial charge in [-0.2, -0.15) is 0 Å². The van der Waals surface area contributed by atoms with Gasteiger partial charge in [-0.3, -0.25) is 0 Å². The number of hydrogen-bond acceptors (Lipinski definition) is 3. The third-order valence-electron chi connectivity index (χ3n) is 8.59. The summed E-state index contributed by atoms with van der Waals surface area (Å²) in [4.78, 5) is 9.41. The lowest BCUT2D eigenvalue weighted by molar-refractivity contribution is 0.591. The van der Waals surface area contributed by atoms with Gasteiger partial charge in [0.2, 0.25) is 0 Å². The maximum Gasteiger partial charge on any atom is 0.135 e. The molecule has 4 aromatic carbocycles. The minimum atomic E-state index is -0.616. The first kappa shape index (κ1) is 28.2. The van der Waals surface area contributed by atoms with Gasteiger partial charge in [-0.25, -0.2) is 18.7 Å².